The molecule has 0 spiro atoms. The normalized spacial score (nSPS) is 22.5. The zero-order valence-corrected chi connectivity index (χ0v) is 10.8. The average molecular weight is 258 g/mol. The highest BCUT2D eigenvalue weighted by molar-refractivity contribution is 5.94. The van der Waals surface area contributed by atoms with Crippen molar-refractivity contribution < 1.29 is 9.90 Å². The SMILES string of the molecule is N#Cc1ccc(C(=O)NCC2CCC(O)CC2)cc1. The molecule has 1 aliphatic carbocycles. The van der Waals surface area contributed by atoms with Crippen molar-refractivity contribution in [3.05, 3.63) is 35.4 Å². The molecule has 0 bridgehead atoms. The summed E-state index contributed by atoms with van der Waals surface area (Å²) in [4.78, 5) is 11.9. The van der Waals surface area contributed by atoms with Crippen molar-refractivity contribution in [3.63, 3.8) is 0 Å². The minimum absolute atomic E-state index is 0.101. The Labute approximate surface area is 113 Å². The first-order chi connectivity index (χ1) is 9.19. The third-order valence-corrected chi connectivity index (χ3v) is 3.64. The predicted octanol–water partition coefficient (Wildman–Crippen LogP) is 1.84. The van der Waals surface area contributed by atoms with Gasteiger partial charge in [0.2, 0.25) is 0 Å². The molecule has 0 heterocycles. The molecular formula is C15H18N2O2. The fraction of sp³-hybridized carbons (Fsp3) is 0.467. The fourth-order valence-corrected chi connectivity index (χ4v) is 2.38. The van der Waals surface area contributed by atoms with E-state index in [1.165, 1.54) is 0 Å². The van der Waals surface area contributed by atoms with E-state index in [-0.39, 0.29) is 12.0 Å². The van der Waals surface area contributed by atoms with Gasteiger partial charge in [0.05, 0.1) is 17.7 Å². The number of nitrogens with one attached hydrogen (secondary N) is 1. The van der Waals surface area contributed by atoms with Crippen LogP contribution >= 0.6 is 0 Å². The highest BCUT2D eigenvalue weighted by Gasteiger charge is 2.19. The number of benzene rings is 1. The van der Waals surface area contributed by atoms with Crippen LogP contribution < -0.4 is 5.32 Å². The van der Waals surface area contributed by atoms with Gasteiger partial charge in [0.25, 0.3) is 5.91 Å². The Kier molecular flexibility index (Phi) is 4.53. The number of amides is 1. The number of aliphatic hydroxyl groups excluding tert-OH is 1. The van der Waals surface area contributed by atoms with E-state index < -0.39 is 0 Å². The molecule has 1 aromatic rings. The van der Waals surface area contributed by atoms with Crippen LogP contribution in [0.4, 0.5) is 0 Å². The van der Waals surface area contributed by atoms with Crippen molar-refractivity contribution in [3.8, 4) is 6.07 Å². The zero-order valence-electron chi connectivity index (χ0n) is 10.8. The molecule has 4 nitrogen and oxygen atoms in total. The Morgan fingerprint density at radius 1 is 1.26 bits per heavy atom. The standard InChI is InChI=1S/C15H18N2O2/c16-9-11-1-5-13(6-2-11)15(19)17-10-12-3-7-14(18)8-4-12/h1-2,5-6,12,14,18H,3-4,7-8,10H2,(H,17,19). The van der Waals surface area contributed by atoms with Gasteiger partial charge >= 0.3 is 0 Å². The smallest absolute Gasteiger partial charge is 0.251 e. The Bertz CT molecular complexity index is 468. The largest absolute Gasteiger partial charge is 0.393 e. The van der Waals surface area contributed by atoms with E-state index in [0.29, 0.717) is 23.6 Å². The van der Waals surface area contributed by atoms with Crippen LogP contribution in [0.2, 0.25) is 0 Å². The molecule has 2 N–H and O–H groups in total. The van der Waals surface area contributed by atoms with E-state index in [1.54, 1.807) is 24.3 Å². The number of rotatable bonds is 3. The lowest BCUT2D eigenvalue weighted by Gasteiger charge is -2.25. The summed E-state index contributed by atoms with van der Waals surface area (Å²) in [6, 6.07) is 8.65. The molecular weight excluding hydrogens is 240 g/mol. The topological polar surface area (TPSA) is 73.1 Å². The summed E-state index contributed by atoms with van der Waals surface area (Å²) in [5.41, 5.74) is 1.13. The number of nitrogens with zero attached hydrogens (tertiary/aromatic N) is 1. The van der Waals surface area contributed by atoms with E-state index >= 15 is 0 Å². The maximum Gasteiger partial charge on any atom is 0.251 e. The van der Waals surface area contributed by atoms with Crippen molar-refractivity contribution in [2.75, 3.05) is 6.54 Å². The third kappa shape index (κ3) is 3.80. The number of hydrogen-bond acceptors (Lipinski definition) is 3. The van der Waals surface area contributed by atoms with E-state index in [9.17, 15) is 9.90 Å². The van der Waals surface area contributed by atoms with Gasteiger partial charge in [-0.2, -0.15) is 5.26 Å². The van der Waals surface area contributed by atoms with Crippen molar-refractivity contribution >= 4 is 5.91 Å². The lowest BCUT2D eigenvalue weighted by atomic mass is 9.87. The van der Waals surface area contributed by atoms with Crippen LogP contribution in [0.5, 0.6) is 0 Å². The average Bonchev–Trinajstić information content (AvgIpc) is 2.46. The van der Waals surface area contributed by atoms with Crippen molar-refractivity contribution in [1.82, 2.24) is 5.32 Å². The van der Waals surface area contributed by atoms with Crippen LogP contribution in [-0.2, 0) is 0 Å². The Morgan fingerprint density at radius 3 is 2.47 bits per heavy atom. The van der Waals surface area contributed by atoms with Gasteiger partial charge in [-0.1, -0.05) is 0 Å². The van der Waals surface area contributed by atoms with Gasteiger partial charge in [-0.3, -0.25) is 4.79 Å². The van der Waals surface area contributed by atoms with Crippen LogP contribution in [0.25, 0.3) is 0 Å². The lowest BCUT2D eigenvalue weighted by molar-refractivity contribution is 0.0910. The highest BCUT2D eigenvalue weighted by atomic mass is 16.3. The Hall–Kier alpha value is -1.86. The molecule has 1 aromatic carbocycles. The van der Waals surface area contributed by atoms with E-state index in [4.69, 9.17) is 5.26 Å². The molecule has 1 saturated carbocycles. The Balaban J connectivity index is 1.82. The first-order valence-corrected chi connectivity index (χ1v) is 6.65. The van der Waals surface area contributed by atoms with Gasteiger partial charge < -0.3 is 10.4 Å². The molecule has 0 saturated heterocycles. The van der Waals surface area contributed by atoms with Crippen molar-refractivity contribution in [2.45, 2.75) is 31.8 Å². The molecule has 19 heavy (non-hydrogen) atoms. The molecule has 1 amide bonds. The number of nitriles is 1. The van der Waals surface area contributed by atoms with Crippen LogP contribution in [0, 0.1) is 17.2 Å². The maximum atomic E-state index is 11.9. The highest BCUT2D eigenvalue weighted by Crippen LogP contribution is 2.23. The van der Waals surface area contributed by atoms with Gasteiger partial charge in [0, 0.05) is 12.1 Å². The van der Waals surface area contributed by atoms with E-state index in [2.05, 4.69) is 5.32 Å². The molecule has 0 radical (unpaired) electrons. The third-order valence-electron chi connectivity index (χ3n) is 3.64. The molecule has 4 heteroatoms. The minimum atomic E-state index is -0.162. The maximum absolute atomic E-state index is 11.9. The number of aliphatic hydroxyl groups is 1. The number of carbonyl (C=O) groups excluding carboxylic acids is 1. The summed E-state index contributed by atoms with van der Waals surface area (Å²) in [6.07, 6.45) is 3.43. The van der Waals surface area contributed by atoms with Crippen LogP contribution in [-0.4, -0.2) is 23.7 Å². The summed E-state index contributed by atoms with van der Waals surface area (Å²) in [7, 11) is 0. The van der Waals surface area contributed by atoms with Gasteiger partial charge in [0.1, 0.15) is 0 Å². The molecule has 1 fully saturated rings. The van der Waals surface area contributed by atoms with Gasteiger partial charge in [0.15, 0.2) is 0 Å². The van der Waals surface area contributed by atoms with Crippen molar-refractivity contribution in [1.29, 1.82) is 5.26 Å². The van der Waals surface area contributed by atoms with Crippen molar-refractivity contribution in [2.24, 2.45) is 5.92 Å². The summed E-state index contributed by atoms with van der Waals surface area (Å²) in [6.45, 7) is 0.658. The summed E-state index contributed by atoms with van der Waals surface area (Å²) >= 11 is 0. The van der Waals surface area contributed by atoms with Crippen LogP contribution in [0.1, 0.15) is 41.6 Å². The monoisotopic (exact) mass is 258 g/mol. The Morgan fingerprint density at radius 2 is 1.89 bits per heavy atom. The van der Waals surface area contributed by atoms with Crippen LogP contribution in [0.15, 0.2) is 24.3 Å². The molecule has 1 aliphatic rings. The van der Waals surface area contributed by atoms with E-state index in [1.807, 2.05) is 6.07 Å². The first kappa shape index (κ1) is 13.6. The molecule has 0 atom stereocenters. The fourth-order valence-electron chi connectivity index (χ4n) is 2.38. The molecule has 0 aromatic heterocycles. The molecule has 2 rings (SSSR count). The number of carbonyl (C=O) groups is 1. The van der Waals surface area contributed by atoms with Crippen LogP contribution in [0.3, 0.4) is 0 Å². The lowest BCUT2D eigenvalue weighted by Crippen LogP contribution is -2.32. The molecule has 0 unspecified atom stereocenters. The second-order valence-electron chi connectivity index (χ2n) is 5.07. The summed E-state index contributed by atoms with van der Waals surface area (Å²) < 4.78 is 0. The second kappa shape index (κ2) is 6.35. The predicted molar refractivity (Wildman–Crippen MR) is 71.5 cm³/mol. The first-order valence-electron chi connectivity index (χ1n) is 6.65. The van der Waals surface area contributed by atoms with E-state index in [0.717, 1.165) is 25.7 Å². The summed E-state index contributed by atoms with van der Waals surface area (Å²) in [5.74, 6) is 0.362. The molecule has 0 aliphatic heterocycles. The quantitative estimate of drug-likeness (QED) is 0.868. The number of hydrogen-bond donors (Lipinski definition) is 2. The minimum Gasteiger partial charge on any atom is -0.393 e. The van der Waals surface area contributed by atoms with Gasteiger partial charge in [-0.05, 0) is 55.9 Å². The summed E-state index contributed by atoms with van der Waals surface area (Å²) in [5, 5.41) is 21.0. The zero-order chi connectivity index (χ0) is 13.7. The molecule has 100 valence electrons. The van der Waals surface area contributed by atoms with Gasteiger partial charge in [-0.25, -0.2) is 0 Å². The van der Waals surface area contributed by atoms with Gasteiger partial charge in [-0.15, -0.1) is 0 Å². The second-order valence-corrected chi connectivity index (χ2v) is 5.07.